The highest BCUT2D eigenvalue weighted by molar-refractivity contribution is 6.10. The first kappa shape index (κ1) is 25.2. The van der Waals surface area contributed by atoms with E-state index in [1.165, 1.54) is 112 Å². The van der Waals surface area contributed by atoms with E-state index >= 15 is 0 Å². The van der Waals surface area contributed by atoms with Crippen molar-refractivity contribution in [3.8, 4) is 0 Å². The number of unbranched alkanes of at least 4 members (excludes halogenated alkanes) is 12. The lowest BCUT2D eigenvalue weighted by atomic mass is 10.0. The van der Waals surface area contributed by atoms with Crippen LogP contribution in [0.4, 0.5) is 11.4 Å². The summed E-state index contributed by atoms with van der Waals surface area (Å²) in [6, 6.07) is 10.3. The minimum atomic E-state index is 0.792. The zero-order chi connectivity index (χ0) is 23.3. The Kier molecular flexibility index (Phi) is 10.7. The molecular formula is C30H45N3. The van der Waals surface area contributed by atoms with Gasteiger partial charge in [-0.15, -0.1) is 0 Å². The van der Waals surface area contributed by atoms with Crippen LogP contribution in [0.5, 0.6) is 0 Å². The summed E-state index contributed by atoms with van der Waals surface area (Å²) < 4.78 is 0. The molecule has 0 aliphatic heterocycles. The summed E-state index contributed by atoms with van der Waals surface area (Å²) in [5.41, 5.74) is 17.5. The Labute approximate surface area is 201 Å². The summed E-state index contributed by atoms with van der Waals surface area (Å²) in [5.74, 6) is 0. The molecule has 0 unspecified atom stereocenters. The maximum atomic E-state index is 6.22. The number of hydrogen-bond donors (Lipinski definition) is 3. The molecule has 3 nitrogen and oxygen atoms in total. The summed E-state index contributed by atoms with van der Waals surface area (Å²) in [6.45, 7) is 2.28. The number of hydrogen-bond acceptors (Lipinski definition) is 2. The van der Waals surface area contributed by atoms with Crippen molar-refractivity contribution >= 4 is 33.2 Å². The minimum Gasteiger partial charge on any atom is -0.399 e. The molecule has 0 aliphatic carbocycles. The van der Waals surface area contributed by atoms with Crippen LogP contribution < -0.4 is 11.5 Å². The number of anilines is 2. The molecule has 3 heteroatoms. The Morgan fingerprint density at radius 3 is 1.97 bits per heavy atom. The average molecular weight is 448 g/mol. The minimum absolute atomic E-state index is 0.792. The number of nitrogens with one attached hydrogen (secondary N) is 1. The van der Waals surface area contributed by atoms with Crippen LogP contribution in [0.15, 0.2) is 42.5 Å². The number of aromatic amines is 1. The fraction of sp³-hybridized carbons (Fsp3) is 0.533. The first-order chi connectivity index (χ1) is 16.2. The van der Waals surface area contributed by atoms with Crippen LogP contribution >= 0.6 is 0 Å². The summed E-state index contributed by atoms with van der Waals surface area (Å²) in [6.07, 6.45) is 24.6. The van der Waals surface area contributed by atoms with Gasteiger partial charge in [0.1, 0.15) is 0 Å². The topological polar surface area (TPSA) is 67.8 Å². The first-order valence-electron chi connectivity index (χ1n) is 13.4. The molecule has 0 saturated heterocycles. The molecule has 1 aromatic heterocycles. The van der Waals surface area contributed by atoms with Crippen molar-refractivity contribution in [2.45, 2.75) is 103 Å². The number of nitrogens with two attached hydrogens (primary N) is 2. The maximum Gasteiger partial charge on any atom is 0.0498 e. The fourth-order valence-electron chi connectivity index (χ4n) is 4.88. The summed E-state index contributed by atoms with van der Waals surface area (Å²) in [4.78, 5) is 3.59. The van der Waals surface area contributed by atoms with Crippen molar-refractivity contribution in [2.75, 3.05) is 11.5 Å². The molecule has 0 spiro atoms. The smallest absolute Gasteiger partial charge is 0.0498 e. The van der Waals surface area contributed by atoms with Crippen LogP contribution in [0.2, 0.25) is 0 Å². The highest BCUT2D eigenvalue weighted by Gasteiger charge is 2.10. The van der Waals surface area contributed by atoms with Gasteiger partial charge in [0.2, 0.25) is 0 Å². The summed E-state index contributed by atoms with van der Waals surface area (Å²) in [5, 5.41) is 2.36. The van der Waals surface area contributed by atoms with Crippen LogP contribution in [-0.4, -0.2) is 4.98 Å². The highest BCUT2D eigenvalue weighted by atomic mass is 14.7. The van der Waals surface area contributed by atoms with E-state index in [1.807, 2.05) is 12.1 Å². The Bertz CT molecular complexity index is 999. The van der Waals surface area contributed by atoms with Crippen molar-refractivity contribution in [1.29, 1.82) is 0 Å². The van der Waals surface area contributed by atoms with E-state index in [0.717, 1.165) is 23.3 Å². The zero-order valence-corrected chi connectivity index (χ0v) is 20.8. The SMILES string of the molecule is CCCCCCCC/C=C\CCCCCCCCc1cc(N)cc2c1[nH]c1ccc(N)cc12. The van der Waals surface area contributed by atoms with Crippen molar-refractivity contribution in [3.63, 3.8) is 0 Å². The fourth-order valence-corrected chi connectivity index (χ4v) is 4.88. The predicted octanol–water partition coefficient (Wildman–Crippen LogP) is 9.07. The Morgan fingerprint density at radius 2 is 1.27 bits per heavy atom. The first-order valence-corrected chi connectivity index (χ1v) is 13.4. The van der Waals surface area contributed by atoms with E-state index in [0.29, 0.717) is 0 Å². The third-order valence-electron chi connectivity index (χ3n) is 6.79. The van der Waals surface area contributed by atoms with Gasteiger partial charge in [-0.05, 0) is 74.4 Å². The number of H-pyrrole nitrogens is 1. The zero-order valence-electron chi connectivity index (χ0n) is 20.8. The molecule has 0 fully saturated rings. The van der Waals surface area contributed by atoms with Gasteiger partial charge < -0.3 is 16.5 Å². The average Bonchev–Trinajstić information content (AvgIpc) is 3.16. The van der Waals surface area contributed by atoms with Crippen molar-refractivity contribution in [1.82, 2.24) is 4.98 Å². The second kappa shape index (κ2) is 14.0. The standard InChI is InChI=1S/C30H45N3/c1-2-3-4-5-6-7-8-9-10-11-12-13-14-15-16-17-18-24-21-26(32)23-28-27-22-25(31)19-20-29(27)33-30(24)28/h9-10,19-23,33H,2-8,11-18,31-32H2,1H3/b10-9-. The van der Waals surface area contributed by atoms with Gasteiger partial charge in [-0.3, -0.25) is 0 Å². The molecule has 3 rings (SSSR count). The van der Waals surface area contributed by atoms with Crippen LogP contribution in [0, 0.1) is 0 Å². The van der Waals surface area contributed by atoms with Crippen molar-refractivity contribution in [2.24, 2.45) is 0 Å². The number of nitrogen functional groups attached to an aromatic ring is 2. The van der Waals surface area contributed by atoms with Crippen LogP contribution in [0.1, 0.15) is 102 Å². The lowest BCUT2D eigenvalue weighted by Crippen LogP contribution is -1.92. The van der Waals surface area contributed by atoms with E-state index < -0.39 is 0 Å². The number of allylic oxidation sites excluding steroid dienone is 2. The largest absolute Gasteiger partial charge is 0.399 e. The highest BCUT2D eigenvalue weighted by Crippen LogP contribution is 2.32. The van der Waals surface area contributed by atoms with Gasteiger partial charge in [0, 0.05) is 33.2 Å². The number of rotatable bonds is 16. The summed E-state index contributed by atoms with van der Waals surface area (Å²) in [7, 11) is 0. The molecule has 0 aliphatic rings. The predicted molar refractivity (Wildman–Crippen MR) is 148 cm³/mol. The second-order valence-electron chi connectivity index (χ2n) is 9.72. The number of benzene rings is 2. The molecule has 2 aromatic carbocycles. The molecular weight excluding hydrogens is 402 g/mol. The van der Waals surface area contributed by atoms with Gasteiger partial charge in [0.05, 0.1) is 0 Å². The van der Waals surface area contributed by atoms with Crippen molar-refractivity contribution < 1.29 is 0 Å². The van der Waals surface area contributed by atoms with Crippen LogP contribution in [0.3, 0.4) is 0 Å². The molecule has 1 heterocycles. The van der Waals surface area contributed by atoms with Gasteiger partial charge in [-0.25, -0.2) is 0 Å². The van der Waals surface area contributed by atoms with E-state index in [4.69, 9.17) is 11.5 Å². The molecule has 33 heavy (non-hydrogen) atoms. The quantitative estimate of drug-likeness (QED) is 0.116. The molecule has 0 saturated carbocycles. The molecule has 0 amide bonds. The van der Waals surface area contributed by atoms with E-state index in [-0.39, 0.29) is 0 Å². The monoisotopic (exact) mass is 447 g/mol. The lowest BCUT2D eigenvalue weighted by molar-refractivity contribution is 0.596. The van der Waals surface area contributed by atoms with Gasteiger partial charge in [-0.1, -0.05) is 76.9 Å². The third-order valence-corrected chi connectivity index (χ3v) is 6.79. The van der Waals surface area contributed by atoms with Gasteiger partial charge in [-0.2, -0.15) is 0 Å². The van der Waals surface area contributed by atoms with E-state index in [2.05, 4.69) is 42.3 Å². The normalized spacial score (nSPS) is 11.9. The number of fused-ring (bicyclic) bond motifs is 3. The Balaban J connectivity index is 1.29. The van der Waals surface area contributed by atoms with Crippen LogP contribution in [0.25, 0.3) is 21.8 Å². The van der Waals surface area contributed by atoms with E-state index in [9.17, 15) is 0 Å². The second-order valence-corrected chi connectivity index (χ2v) is 9.72. The maximum absolute atomic E-state index is 6.22. The Morgan fingerprint density at radius 1 is 0.667 bits per heavy atom. The van der Waals surface area contributed by atoms with Crippen molar-refractivity contribution in [3.05, 3.63) is 48.0 Å². The lowest BCUT2D eigenvalue weighted by Gasteiger charge is -2.06. The number of aryl methyl sites for hydroxylation is 1. The molecule has 0 atom stereocenters. The van der Waals surface area contributed by atoms with Crippen LogP contribution in [-0.2, 0) is 6.42 Å². The van der Waals surface area contributed by atoms with Gasteiger partial charge in [0.15, 0.2) is 0 Å². The van der Waals surface area contributed by atoms with Gasteiger partial charge >= 0.3 is 0 Å². The Hall–Kier alpha value is -2.42. The molecule has 0 bridgehead atoms. The summed E-state index contributed by atoms with van der Waals surface area (Å²) >= 11 is 0. The molecule has 3 aromatic rings. The molecule has 5 N–H and O–H groups in total. The third kappa shape index (κ3) is 8.14. The molecule has 180 valence electrons. The van der Waals surface area contributed by atoms with E-state index in [1.54, 1.807) is 0 Å². The number of aromatic nitrogens is 1. The molecule has 0 radical (unpaired) electrons. The van der Waals surface area contributed by atoms with Gasteiger partial charge in [0.25, 0.3) is 0 Å².